The molecular formula is C14H18ClNO. The Balaban J connectivity index is 2.01. The molecule has 17 heavy (non-hydrogen) atoms. The van der Waals surface area contributed by atoms with Crippen LogP contribution in [0.5, 0.6) is 5.75 Å². The largest absolute Gasteiger partial charge is 0.487 e. The van der Waals surface area contributed by atoms with Crippen LogP contribution in [0.3, 0.4) is 0 Å². The van der Waals surface area contributed by atoms with Gasteiger partial charge in [0.05, 0.1) is 0 Å². The highest BCUT2D eigenvalue weighted by Gasteiger charge is 2.29. The molecule has 0 aromatic heterocycles. The van der Waals surface area contributed by atoms with Crippen LogP contribution >= 0.6 is 11.6 Å². The van der Waals surface area contributed by atoms with Crippen LogP contribution in [0.1, 0.15) is 25.0 Å². The van der Waals surface area contributed by atoms with E-state index < -0.39 is 0 Å². The van der Waals surface area contributed by atoms with E-state index in [1.807, 2.05) is 0 Å². The zero-order valence-corrected chi connectivity index (χ0v) is 11.1. The standard InChI is InChI=1S/C14H18ClNO/c1-10(15)8-16-9-11-4-5-13-12(6-11)7-14(2,3)17-13/h4-6,16H,1,7-9H2,2-3H3. The first-order valence-electron chi connectivity index (χ1n) is 5.81. The predicted molar refractivity (Wildman–Crippen MR) is 71.6 cm³/mol. The zero-order chi connectivity index (χ0) is 12.5. The Morgan fingerprint density at radius 1 is 1.53 bits per heavy atom. The monoisotopic (exact) mass is 251 g/mol. The number of fused-ring (bicyclic) bond motifs is 1. The van der Waals surface area contributed by atoms with Gasteiger partial charge in [-0.25, -0.2) is 0 Å². The van der Waals surface area contributed by atoms with E-state index in [9.17, 15) is 0 Å². The van der Waals surface area contributed by atoms with E-state index in [0.29, 0.717) is 11.6 Å². The summed E-state index contributed by atoms with van der Waals surface area (Å²) in [5.41, 5.74) is 2.47. The molecule has 3 heteroatoms. The molecule has 1 N–H and O–H groups in total. The van der Waals surface area contributed by atoms with Gasteiger partial charge in [0.25, 0.3) is 0 Å². The van der Waals surface area contributed by atoms with Crippen molar-refractivity contribution in [2.45, 2.75) is 32.4 Å². The SMILES string of the molecule is C=C(Cl)CNCc1ccc2c(c1)CC(C)(C)O2. The van der Waals surface area contributed by atoms with Gasteiger partial charge in [-0.1, -0.05) is 30.3 Å². The van der Waals surface area contributed by atoms with E-state index in [2.05, 4.69) is 43.9 Å². The van der Waals surface area contributed by atoms with E-state index in [1.54, 1.807) is 0 Å². The van der Waals surface area contributed by atoms with Crippen LogP contribution in [0.4, 0.5) is 0 Å². The van der Waals surface area contributed by atoms with Crippen molar-refractivity contribution in [2.75, 3.05) is 6.54 Å². The molecule has 0 aliphatic carbocycles. The fourth-order valence-electron chi connectivity index (χ4n) is 2.12. The first-order valence-corrected chi connectivity index (χ1v) is 6.19. The Morgan fingerprint density at radius 2 is 2.29 bits per heavy atom. The third-order valence-corrected chi connectivity index (χ3v) is 2.91. The average Bonchev–Trinajstić information content (AvgIpc) is 2.50. The minimum atomic E-state index is -0.0706. The van der Waals surface area contributed by atoms with Crippen LogP contribution in [0.15, 0.2) is 29.8 Å². The van der Waals surface area contributed by atoms with Crippen LogP contribution in [0, 0.1) is 0 Å². The Labute approximate surface area is 108 Å². The van der Waals surface area contributed by atoms with Crippen molar-refractivity contribution in [1.29, 1.82) is 0 Å². The molecule has 2 nitrogen and oxygen atoms in total. The molecule has 0 spiro atoms. The number of benzene rings is 1. The van der Waals surface area contributed by atoms with Gasteiger partial charge in [0.2, 0.25) is 0 Å². The molecule has 0 atom stereocenters. The van der Waals surface area contributed by atoms with Gasteiger partial charge in [0.1, 0.15) is 11.4 Å². The van der Waals surface area contributed by atoms with E-state index >= 15 is 0 Å². The van der Waals surface area contributed by atoms with Crippen LogP contribution in [0.2, 0.25) is 0 Å². The fraction of sp³-hybridized carbons (Fsp3) is 0.429. The zero-order valence-electron chi connectivity index (χ0n) is 10.3. The number of rotatable bonds is 4. The van der Waals surface area contributed by atoms with Crippen molar-refractivity contribution in [1.82, 2.24) is 5.32 Å². The van der Waals surface area contributed by atoms with Gasteiger partial charge >= 0.3 is 0 Å². The third kappa shape index (κ3) is 3.24. The fourth-order valence-corrected chi connectivity index (χ4v) is 2.21. The summed E-state index contributed by atoms with van der Waals surface area (Å²) in [6.45, 7) is 9.32. The summed E-state index contributed by atoms with van der Waals surface area (Å²) < 4.78 is 5.84. The topological polar surface area (TPSA) is 21.3 Å². The van der Waals surface area contributed by atoms with Gasteiger partial charge in [-0.3, -0.25) is 0 Å². The molecule has 1 heterocycles. The molecule has 92 valence electrons. The summed E-state index contributed by atoms with van der Waals surface area (Å²) in [5.74, 6) is 1.01. The lowest BCUT2D eigenvalue weighted by Crippen LogP contribution is -2.24. The maximum Gasteiger partial charge on any atom is 0.123 e. The molecule has 1 aromatic rings. The minimum absolute atomic E-state index is 0.0706. The molecule has 1 aliphatic rings. The Bertz CT molecular complexity index is 440. The number of nitrogens with one attached hydrogen (secondary N) is 1. The smallest absolute Gasteiger partial charge is 0.123 e. The van der Waals surface area contributed by atoms with Crippen molar-refractivity contribution < 1.29 is 4.74 Å². The molecule has 1 aromatic carbocycles. The summed E-state index contributed by atoms with van der Waals surface area (Å²) in [6.07, 6.45) is 0.971. The van der Waals surface area contributed by atoms with E-state index in [1.165, 1.54) is 11.1 Å². The molecule has 0 unspecified atom stereocenters. The van der Waals surface area contributed by atoms with E-state index in [4.69, 9.17) is 16.3 Å². The highest BCUT2D eigenvalue weighted by molar-refractivity contribution is 6.29. The second kappa shape index (κ2) is 4.71. The van der Waals surface area contributed by atoms with Gasteiger partial charge in [-0.2, -0.15) is 0 Å². The van der Waals surface area contributed by atoms with Crippen molar-refractivity contribution in [2.24, 2.45) is 0 Å². The van der Waals surface area contributed by atoms with Crippen LogP contribution in [0.25, 0.3) is 0 Å². The molecule has 0 bridgehead atoms. The lowest BCUT2D eigenvalue weighted by Gasteiger charge is -2.16. The lowest BCUT2D eigenvalue weighted by molar-refractivity contribution is 0.138. The van der Waals surface area contributed by atoms with Gasteiger partial charge < -0.3 is 10.1 Å². The minimum Gasteiger partial charge on any atom is -0.487 e. The van der Waals surface area contributed by atoms with Gasteiger partial charge in [-0.05, 0) is 31.0 Å². The van der Waals surface area contributed by atoms with Crippen molar-refractivity contribution in [3.05, 3.63) is 40.9 Å². The first kappa shape index (κ1) is 12.5. The molecule has 0 saturated heterocycles. The molecule has 0 radical (unpaired) electrons. The van der Waals surface area contributed by atoms with Crippen molar-refractivity contribution in [3.8, 4) is 5.75 Å². The normalized spacial score (nSPS) is 16.4. The second-order valence-corrected chi connectivity index (χ2v) is 5.64. The first-order chi connectivity index (χ1) is 7.96. The highest BCUT2D eigenvalue weighted by Crippen LogP contribution is 2.35. The predicted octanol–water partition coefficient (Wildman–Crippen LogP) is 3.24. The molecule has 0 saturated carbocycles. The van der Waals surface area contributed by atoms with Crippen LogP contribution < -0.4 is 10.1 Å². The Hall–Kier alpha value is -0.990. The summed E-state index contributed by atoms with van der Waals surface area (Å²) in [5, 5.41) is 3.88. The third-order valence-electron chi connectivity index (χ3n) is 2.77. The van der Waals surface area contributed by atoms with Crippen molar-refractivity contribution in [3.63, 3.8) is 0 Å². The number of hydrogen-bond donors (Lipinski definition) is 1. The van der Waals surface area contributed by atoms with Gasteiger partial charge in [0, 0.05) is 24.5 Å². The van der Waals surface area contributed by atoms with Crippen LogP contribution in [-0.4, -0.2) is 12.1 Å². The second-order valence-electron chi connectivity index (χ2n) is 5.10. The summed E-state index contributed by atoms with van der Waals surface area (Å²) in [7, 11) is 0. The Kier molecular flexibility index (Phi) is 3.45. The van der Waals surface area contributed by atoms with Gasteiger partial charge in [0.15, 0.2) is 0 Å². The summed E-state index contributed by atoms with van der Waals surface area (Å²) in [4.78, 5) is 0. The van der Waals surface area contributed by atoms with Crippen LogP contribution in [-0.2, 0) is 13.0 Å². The number of halogens is 1. The molecule has 0 amide bonds. The molecule has 1 aliphatic heterocycles. The molecule has 2 rings (SSSR count). The lowest BCUT2D eigenvalue weighted by atomic mass is 10.0. The van der Waals surface area contributed by atoms with Crippen molar-refractivity contribution >= 4 is 11.6 Å². The quantitative estimate of drug-likeness (QED) is 0.887. The number of hydrogen-bond acceptors (Lipinski definition) is 2. The highest BCUT2D eigenvalue weighted by atomic mass is 35.5. The molecule has 0 fully saturated rings. The van der Waals surface area contributed by atoms with E-state index in [0.717, 1.165) is 18.7 Å². The Morgan fingerprint density at radius 3 is 3.00 bits per heavy atom. The summed E-state index contributed by atoms with van der Waals surface area (Å²) in [6, 6.07) is 6.34. The number of ether oxygens (including phenoxy) is 1. The maximum atomic E-state index is 5.84. The maximum absolute atomic E-state index is 5.84. The molecular weight excluding hydrogens is 234 g/mol. The summed E-state index contributed by atoms with van der Waals surface area (Å²) >= 11 is 5.70. The van der Waals surface area contributed by atoms with Gasteiger partial charge in [-0.15, -0.1) is 0 Å². The van der Waals surface area contributed by atoms with E-state index in [-0.39, 0.29) is 5.60 Å². The average molecular weight is 252 g/mol.